The molecule has 2 heterocycles. The zero-order valence-electron chi connectivity index (χ0n) is 9.94. The number of nitro groups is 1. The van der Waals surface area contributed by atoms with Gasteiger partial charge in [-0.05, 0) is 6.42 Å². The van der Waals surface area contributed by atoms with E-state index in [1.54, 1.807) is 0 Å². The molecule has 1 fully saturated rings. The van der Waals surface area contributed by atoms with Crippen LogP contribution in [0.5, 0.6) is 5.88 Å². The standard InChI is InChI=1S/C11H12N2O6/c14-11(15)8-3-10(12-4-9(8)13(16)17)19-6-7-1-2-18-5-7/h3-4,7H,1-2,5-6H2,(H,14,15). The summed E-state index contributed by atoms with van der Waals surface area (Å²) in [5.41, 5.74) is -0.985. The number of hydrogen-bond donors (Lipinski definition) is 1. The van der Waals surface area contributed by atoms with E-state index in [-0.39, 0.29) is 11.8 Å². The second-order valence-electron chi connectivity index (χ2n) is 4.14. The maximum atomic E-state index is 10.9. The Hall–Kier alpha value is -2.22. The first-order valence-electron chi connectivity index (χ1n) is 5.66. The van der Waals surface area contributed by atoms with Crippen LogP contribution in [0.1, 0.15) is 16.8 Å². The van der Waals surface area contributed by atoms with E-state index in [9.17, 15) is 14.9 Å². The van der Waals surface area contributed by atoms with Crippen molar-refractivity contribution in [3.8, 4) is 5.88 Å². The molecule has 1 unspecified atom stereocenters. The Morgan fingerprint density at radius 2 is 2.47 bits per heavy atom. The minimum atomic E-state index is -1.39. The van der Waals surface area contributed by atoms with Crippen molar-refractivity contribution in [3.05, 3.63) is 27.9 Å². The van der Waals surface area contributed by atoms with E-state index in [0.717, 1.165) is 18.7 Å². The number of carboxylic acids is 1. The van der Waals surface area contributed by atoms with Gasteiger partial charge in [-0.1, -0.05) is 0 Å². The van der Waals surface area contributed by atoms with Gasteiger partial charge in [0.05, 0.1) is 18.1 Å². The molecule has 1 aliphatic heterocycles. The third kappa shape index (κ3) is 3.16. The predicted molar refractivity (Wildman–Crippen MR) is 62.3 cm³/mol. The van der Waals surface area contributed by atoms with Gasteiger partial charge in [0, 0.05) is 18.6 Å². The molecule has 0 radical (unpaired) electrons. The van der Waals surface area contributed by atoms with Gasteiger partial charge in [-0.3, -0.25) is 10.1 Å². The molecule has 19 heavy (non-hydrogen) atoms. The lowest BCUT2D eigenvalue weighted by molar-refractivity contribution is -0.385. The zero-order valence-corrected chi connectivity index (χ0v) is 9.94. The number of ether oxygens (including phenoxy) is 2. The van der Waals surface area contributed by atoms with Gasteiger partial charge in [0.25, 0.3) is 0 Å². The highest BCUT2D eigenvalue weighted by Gasteiger charge is 2.22. The first kappa shape index (κ1) is 13.2. The monoisotopic (exact) mass is 268 g/mol. The van der Waals surface area contributed by atoms with Crippen molar-refractivity contribution in [1.29, 1.82) is 0 Å². The van der Waals surface area contributed by atoms with Crippen LogP contribution in [0.25, 0.3) is 0 Å². The molecule has 0 aromatic carbocycles. The SMILES string of the molecule is O=C(O)c1cc(OCC2CCOC2)ncc1[N+](=O)[O-]. The van der Waals surface area contributed by atoms with E-state index in [2.05, 4.69) is 4.98 Å². The smallest absolute Gasteiger partial charge is 0.342 e. The molecule has 8 nitrogen and oxygen atoms in total. The van der Waals surface area contributed by atoms with Gasteiger partial charge in [-0.25, -0.2) is 9.78 Å². The summed E-state index contributed by atoms with van der Waals surface area (Å²) < 4.78 is 10.5. The van der Waals surface area contributed by atoms with Crippen molar-refractivity contribution in [2.45, 2.75) is 6.42 Å². The number of hydrogen-bond acceptors (Lipinski definition) is 6. The van der Waals surface area contributed by atoms with Crippen LogP contribution in [0.3, 0.4) is 0 Å². The summed E-state index contributed by atoms with van der Waals surface area (Å²) in [5, 5.41) is 19.6. The molecule has 1 aliphatic rings. The number of pyridine rings is 1. The second-order valence-corrected chi connectivity index (χ2v) is 4.14. The lowest BCUT2D eigenvalue weighted by atomic mass is 10.1. The van der Waals surface area contributed by atoms with Crippen molar-refractivity contribution in [2.24, 2.45) is 5.92 Å². The number of nitrogens with zero attached hydrogens (tertiary/aromatic N) is 2. The number of aromatic carboxylic acids is 1. The van der Waals surface area contributed by atoms with E-state index < -0.39 is 22.1 Å². The predicted octanol–water partition coefficient (Wildman–Crippen LogP) is 1.10. The highest BCUT2D eigenvalue weighted by molar-refractivity contribution is 5.92. The summed E-state index contributed by atoms with van der Waals surface area (Å²) in [4.78, 5) is 24.5. The minimum absolute atomic E-state index is 0.0647. The average molecular weight is 268 g/mol. The van der Waals surface area contributed by atoms with E-state index in [1.807, 2.05) is 0 Å². The third-order valence-corrected chi connectivity index (χ3v) is 2.78. The third-order valence-electron chi connectivity index (χ3n) is 2.78. The number of rotatable bonds is 5. The van der Waals surface area contributed by atoms with Gasteiger partial charge in [-0.2, -0.15) is 0 Å². The molecule has 0 saturated carbocycles. The molecular formula is C11H12N2O6. The van der Waals surface area contributed by atoms with Crippen molar-refractivity contribution < 1.29 is 24.3 Å². The van der Waals surface area contributed by atoms with Gasteiger partial charge in [0.1, 0.15) is 11.8 Å². The van der Waals surface area contributed by atoms with E-state index >= 15 is 0 Å². The lowest BCUT2D eigenvalue weighted by Gasteiger charge is -2.09. The lowest BCUT2D eigenvalue weighted by Crippen LogP contribution is -2.13. The van der Waals surface area contributed by atoms with Gasteiger partial charge in [0.15, 0.2) is 0 Å². The van der Waals surface area contributed by atoms with Crippen LogP contribution in [0.15, 0.2) is 12.3 Å². The number of carboxylic acid groups (broad SMARTS) is 1. The fraction of sp³-hybridized carbons (Fsp3) is 0.455. The molecule has 1 aromatic rings. The molecule has 1 N–H and O–H groups in total. The van der Waals surface area contributed by atoms with Crippen molar-refractivity contribution in [2.75, 3.05) is 19.8 Å². The van der Waals surface area contributed by atoms with Crippen molar-refractivity contribution in [1.82, 2.24) is 4.98 Å². The van der Waals surface area contributed by atoms with Crippen LogP contribution in [-0.2, 0) is 4.74 Å². The molecule has 0 spiro atoms. The Balaban J connectivity index is 2.11. The highest BCUT2D eigenvalue weighted by atomic mass is 16.6. The van der Waals surface area contributed by atoms with E-state index in [1.165, 1.54) is 0 Å². The summed E-state index contributed by atoms with van der Waals surface area (Å²) in [6.07, 6.45) is 1.77. The van der Waals surface area contributed by atoms with Gasteiger partial charge in [-0.15, -0.1) is 0 Å². The summed E-state index contributed by atoms with van der Waals surface area (Å²) in [6, 6.07) is 1.07. The summed E-state index contributed by atoms with van der Waals surface area (Å²) in [5.74, 6) is -1.08. The Kier molecular flexibility index (Phi) is 3.91. The summed E-state index contributed by atoms with van der Waals surface area (Å²) in [7, 11) is 0. The average Bonchev–Trinajstić information content (AvgIpc) is 2.88. The Labute approximate surface area is 108 Å². The fourth-order valence-electron chi connectivity index (χ4n) is 1.74. The van der Waals surface area contributed by atoms with Crippen LogP contribution in [0.2, 0.25) is 0 Å². The first-order valence-corrected chi connectivity index (χ1v) is 5.66. The largest absolute Gasteiger partial charge is 0.477 e. The molecule has 1 aromatic heterocycles. The second kappa shape index (κ2) is 5.61. The number of aromatic nitrogens is 1. The van der Waals surface area contributed by atoms with E-state index in [4.69, 9.17) is 14.6 Å². The van der Waals surface area contributed by atoms with Crippen LogP contribution >= 0.6 is 0 Å². The molecule has 1 atom stereocenters. The number of carbonyl (C=O) groups is 1. The maximum Gasteiger partial charge on any atom is 0.342 e. The highest BCUT2D eigenvalue weighted by Crippen LogP contribution is 2.22. The molecule has 1 saturated heterocycles. The Bertz CT molecular complexity index is 498. The Morgan fingerprint density at radius 1 is 1.68 bits per heavy atom. The first-order chi connectivity index (χ1) is 9.08. The summed E-state index contributed by atoms with van der Waals surface area (Å²) in [6.45, 7) is 1.63. The molecule has 0 amide bonds. The van der Waals surface area contributed by atoms with E-state index in [0.29, 0.717) is 19.8 Å². The molecule has 102 valence electrons. The van der Waals surface area contributed by atoms with Crippen LogP contribution in [-0.4, -0.2) is 40.8 Å². The van der Waals surface area contributed by atoms with Gasteiger partial charge in [0.2, 0.25) is 5.88 Å². The molecule has 0 bridgehead atoms. The summed E-state index contributed by atoms with van der Waals surface area (Å²) >= 11 is 0. The van der Waals surface area contributed by atoms with Crippen molar-refractivity contribution in [3.63, 3.8) is 0 Å². The minimum Gasteiger partial charge on any atom is -0.477 e. The quantitative estimate of drug-likeness (QED) is 0.628. The fourth-order valence-corrected chi connectivity index (χ4v) is 1.74. The molecule has 0 aliphatic carbocycles. The van der Waals surface area contributed by atoms with Crippen LogP contribution in [0.4, 0.5) is 5.69 Å². The van der Waals surface area contributed by atoms with Gasteiger partial charge < -0.3 is 14.6 Å². The Morgan fingerprint density at radius 3 is 3.05 bits per heavy atom. The topological polar surface area (TPSA) is 112 Å². The molecule has 2 rings (SSSR count). The van der Waals surface area contributed by atoms with Crippen molar-refractivity contribution >= 4 is 11.7 Å². The maximum absolute atomic E-state index is 10.9. The van der Waals surface area contributed by atoms with Crippen LogP contribution < -0.4 is 4.74 Å². The van der Waals surface area contributed by atoms with Crippen LogP contribution in [0, 0.1) is 16.0 Å². The van der Waals surface area contributed by atoms with Gasteiger partial charge >= 0.3 is 11.7 Å². The molecule has 8 heteroatoms. The molecular weight excluding hydrogens is 256 g/mol. The normalized spacial score (nSPS) is 18.2. The zero-order chi connectivity index (χ0) is 13.8.